The van der Waals surface area contributed by atoms with Gasteiger partial charge in [0.2, 0.25) is 0 Å². The normalized spacial score (nSPS) is 12.6. The van der Waals surface area contributed by atoms with Crippen molar-refractivity contribution in [2.45, 2.75) is 19.3 Å². The van der Waals surface area contributed by atoms with Crippen LogP contribution in [0.4, 0.5) is 17.1 Å². The number of hydrogen-bond acceptors (Lipinski definition) is 1. The van der Waals surface area contributed by atoms with Crippen molar-refractivity contribution in [2.75, 3.05) is 4.90 Å². The van der Waals surface area contributed by atoms with Crippen LogP contribution < -0.4 is 4.90 Å². The molecule has 0 spiro atoms. The lowest BCUT2D eigenvalue weighted by atomic mass is 9.82. The van der Waals surface area contributed by atoms with Crippen molar-refractivity contribution >= 4 is 38.9 Å². The van der Waals surface area contributed by atoms with Gasteiger partial charge in [-0.05, 0) is 140 Å². The largest absolute Gasteiger partial charge is 0.310 e. The number of aromatic nitrogens is 1. The number of nitrogens with zero attached hydrogens (tertiary/aromatic N) is 2. The first-order valence-electron chi connectivity index (χ1n) is 22.6. The Morgan fingerprint density at radius 3 is 1.57 bits per heavy atom. The number of hydrogen-bond donors (Lipinski definition) is 0. The molecule has 308 valence electrons. The minimum atomic E-state index is -0.145. The number of fused-ring (bicyclic) bond motifs is 6. The number of rotatable bonds is 8. The molecule has 0 saturated heterocycles. The molecule has 0 bridgehead atoms. The van der Waals surface area contributed by atoms with E-state index in [1.54, 1.807) is 0 Å². The third kappa shape index (κ3) is 6.57. The van der Waals surface area contributed by atoms with E-state index < -0.39 is 0 Å². The standard InChI is InChI=1S/C63H46N2/c1-63(2)58-27-15-12-25-54(58)55-36-35-52(42-59(55)63)64(60-28-16-13-24-53(60)49-39-47(43-18-6-3-7-19-43)38-48(40-49)44-20-8-4-9-21-44)51-33-30-45(31-34-51)46-32-37-62-57(41-46)56-26-14-17-29-61(56)65(62)50-22-10-5-11-23-50/h3-42H,1-2H3. The molecule has 0 unspecified atom stereocenters. The molecule has 65 heavy (non-hydrogen) atoms. The predicted octanol–water partition coefficient (Wildman–Crippen LogP) is 17.2. The summed E-state index contributed by atoms with van der Waals surface area (Å²) in [7, 11) is 0. The highest BCUT2D eigenvalue weighted by Gasteiger charge is 2.36. The molecule has 10 aromatic carbocycles. The molecule has 0 fully saturated rings. The Balaban J connectivity index is 1.02. The zero-order valence-corrected chi connectivity index (χ0v) is 36.5. The smallest absolute Gasteiger partial charge is 0.0541 e. The predicted molar refractivity (Wildman–Crippen MR) is 275 cm³/mol. The van der Waals surface area contributed by atoms with E-state index in [9.17, 15) is 0 Å². The van der Waals surface area contributed by atoms with Crippen LogP contribution >= 0.6 is 0 Å². The van der Waals surface area contributed by atoms with E-state index >= 15 is 0 Å². The van der Waals surface area contributed by atoms with Crippen LogP contribution in [0.1, 0.15) is 25.0 Å². The fourth-order valence-corrected chi connectivity index (χ4v) is 10.4. The van der Waals surface area contributed by atoms with Crippen molar-refractivity contribution in [1.29, 1.82) is 0 Å². The first-order chi connectivity index (χ1) is 32.0. The number of para-hydroxylation sites is 3. The summed E-state index contributed by atoms with van der Waals surface area (Å²) in [6.07, 6.45) is 0. The second kappa shape index (κ2) is 15.6. The van der Waals surface area contributed by atoms with E-state index in [0.717, 1.165) is 28.3 Å². The second-order valence-electron chi connectivity index (χ2n) is 17.8. The van der Waals surface area contributed by atoms with Crippen LogP contribution in [0.5, 0.6) is 0 Å². The highest BCUT2D eigenvalue weighted by atomic mass is 15.1. The highest BCUT2D eigenvalue weighted by Crippen LogP contribution is 2.51. The molecule has 0 radical (unpaired) electrons. The highest BCUT2D eigenvalue weighted by molar-refractivity contribution is 6.10. The second-order valence-corrected chi connectivity index (χ2v) is 17.8. The van der Waals surface area contributed by atoms with Gasteiger partial charge in [0.25, 0.3) is 0 Å². The number of anilines is 3. The first kappa shape index (κ1) is 38.5. The van der Waals surface area contributed by atoms with Gasteiger partial charge in [0, 0.05) is 38.8 Å². The van der Waals surface area contributed by atoms with Gasteiger partial charge in [0.1, 0.15) is 0 Å². The third-order valence-corrected chi connectivity index (χ3v) is 13.6. The Morgan fingerprint density at radius 2 is 0.846 bits per heavy atom. The molecule has 1 aliphatic rings. The maximum absolute atomic E-state index is 2.46. The minimum Gasteiger partial charge on any atom is -0.310 e. The lowest BCUT2D eigenvalue weighted by molar-refractivity contribution is 0.660. The third-order valence-electron chi connectivity index (χ3n) is 13.6. The maximum atomic E-state index is 2.46. The fraction of sp³-hybridized carbons (Fsp3) is 0.0476. The molecule has 2 heteroatoms. The Morgan fingerprint density at radius 1 is 0.323 bits per heavy atom. The minimum absolute atomic E-state index is 0.145. The van der Waals surface area contributed by atoms with E-state index in [4.69, 9.17) is 0 Å². The van der Waals surface area contributed by atoms with Gasteiger partial charge < -0.3 is 9.47 Å². The maximum Gasteiger partial charge on any atom is 0.0541 e. The molecule has 0 amide bonds. The van der Waals surface area contributed by atoms with Gasteiger partial charge in [0.15, 0.2) is 0 Å². The molecule has 12 rings (SSSR count). The summed E-state index contributed by atoms with van der Waals surface area (Å²) in [5.41, 5.74) is 21.6. The molecule has 0 atom stereocenters. The van der Waals surface area contributed by atoms with Gasteiger partial charge >= 0.3 is 0 Å². The molecular formula is C63H46N2. The van der Waals surface area contributed by atoms with Crippen LogP contribution in [0.15, 0.2) is 243 Å². The Labute approximate surface area is 381 Å². The van der Waals surface area contributed by atoms with Crippen LogP contribution in [0.2, 0.25) is 0 Å². The van der Waals surface area contributed by atoms with E-state index in [1.807, 2.05) is 0 Å². The van der Waals surface area contributed by atoms with Crippen LogP contribution in [-0.4, -0.2) is 4.57 Å². The van der Waals surface area contributed by atoms with Gasteiger partial charge in [0.05, 0.1) is 16.7 Å². The summed E-state index contributed by atoms with van der Waals surface area (Å²) < 4.78 is 2.38. The summed E-state index contributed by atoms with van der Waals surface area (Å²) in [6, 6.07) is 88.9. The zero-order chi connectivity index (χ0) is 43.5. The van der Waals surface area contributed by atoms with Crippen molar-refractivity contribution < 1.29 is 0 Å². The van der Waals surface area contributed by atoms with E-state index in [-0.39, 0.29) is 5.41 Å². The summed E-state index contributed by atoms with van der Waals surface area (Å²) >= 11 is 0. The average Bonchev–Trinajstić information content (AvgIpc) is 3.82. The number of benzene rings is 10. The van der Waals surface area contributed by atoms with E-state index in [2.05, 4.69) is 266 Å². The van der Waals surface area contributed by atoms with Gasteiger partial charge in [-0.15, -0.1) is 0 Å². The summed E-state index contributed by atoms with van der Waals surface area (Å²) in [4.78, 5) is 2.46. The van der Waals surface area contributed by atoms with E-state index in [0.29, 0.717) is 0 Å². The molecule has 11 aromatic rings. The van der Waals surface area contributed by atoms with Gasteiger partial charge in [-0.2, -0.15) is 0 Å². The first-order valence-corrected chi connectivity index (χ1v) is 22.6. The zero-order valence-electron chi connectivity index (χ0n) is 36.5. The van der Waals surface area contributed by atoms with E-state index in [1.165, 1.54) is 83.0 Å². The molecular weight excluding hydrogens is 785 g/mol. The molecule has 2 nitrogen and oxygen atoms in total. The van der Waals surface area contributed by atoms with Crippen molar-refractivity contribution in [3.8, 4) is 61.3 Å². The topological polar surface area (TPSA) is 8.17 Å². The van der Waals surface area contributed by atoms with Crippen LogP contribution in [-0.2, 0) is 5.41 Å². The Hall–Kier alpha value is -8.20. The summed E-state index contributed by atoms with van der Waals surface area (Å²) in [5.74, 6) is 0. The van der Waals surface area contributed by atoms with Crippen LogP contribution in [0.25, 0.3) is 83.1 Å². The summed E-state index contributed by atoms with van der Waals surface area (Å²) in [6.45, 7) is 4.73. The lowest BCUT2D eigenvalue weighted by Crippen LogP contribution is -2.16. The lowest BCUT2D eigenvalue weighted by Gasteiger charge is -2.30. The molecule has 0 aliphatic heterocycles. The summed E-state index contributed by atoms with van der Waals surface area (Å²) in [5, 5.41) is 2.50. The molecule has 0 N–H and O–H groups in total. The van der Waals surface area contributed by atoms with Crippen molar-refractivity contribution in [1.82, 2.24) is 4.57 Å². The van der Waals surface area contributed by atoms with Crippen molar-refractivity contribution in [3.05, 3.63) is 254 Å². The van der Waals surface area contributed by atoms with Gasteiger partial charge in [-0.3, -0.25) is 0 Å². The van der Waals surface area contributed by atoms with Gasteiger partial charge in [-0.1, -0.05) is 178 Å². The SMILES string of the molecule is CC1(C)c2ccccc2-c2ccc(N(c3ccc(-c4ccc5c(c4)c4ccccc4n5-c4ccccc4)cc3)c3ccccc3-c3cc(-c4ccccc4)cc(-c4ccccc4)c3)cc21. The van der Waals surface area contributed by atoms with Crippen molar-refractivity contribution in [3.63, 3.8) is 0 Å². The Kier molecular flexibility index (Phi) is 9.21. The van der Waals surface area contributed by atoms with Crippen molar-refractivity contribution in [2.24, 2.45) is 0 Å². The van der Waals surface area contributed by atoms with Gasteiger partial charge in [-0.25, -0.2) is 0 Å². The van der Waals surface area contributed by atoms with Crippen LogP contribution in [0, 0.1) is 0 Å². The molecule has 0 saturated carbocycles. The molecule has 1 aliphatic carbocycles. The monoisotopic (exact) mass is 830 g/mol. The fourth-order valence-electron chi connectivity index (χ4n) is 10.4. The Bertz CT molecular complexity index is 3490. The van der Waals surface area contributed by atoms with Crippen LogP contribution in [0.3, 0.4) is 0 Å². The molecule has 1 heterocycles. The molecule has 1 aromatic heterocycles. The average molecular weight is 831 g/mol. The quantitative estimate of drug-likeness (QED) is 0.148.